The standard InChI is InChI=1S/C13H25N3O2/c1-4-14-12-9-18-8-11(12)13(17)16-6-5-15(3)7-10(16)2/h10-12,14H,4-9H2,1-3H3. The molecule has 2 fully saturated rings. The van der Waals surface area contributed by atoms with Crippen LogP contribution in [-0.4, -0.2) is 74.2 Å². The van der Waals surface area contributed by atoms with Crippen LogP contribution in [0, 0.1) is 5.92 Å². The average Bonchev–Trinajstić information content (AvgIpc) is 2.77. The summed E-state index contributed by atoms with van der Waals surface area (Å²) in [6.45, 7) is 9.08. The Labute approximate surface area is 109 Å². The summed E-state index contributed by atoms with van der Waals surface area (Å²) in [5.74, 6) is 0.259. The van der Waals surface area contributed by atoms with Gasteiger partial charge in [-0.1, -0.05) is 6.92 Å². The van der Waals surface area contributed by atoms with Crippen LogP contribution in [0.3, 0.4) is 0 Å². The molecule has 2 rings (SSSR count). The van der Waals surface area contributed by atoms with Gasteiger partial charge in [-0.3, -0.25) is 4.79 Å². The van der Waals surface area contributed by atoms with Crippen molar-refractivity contribution in [3.8, 4) is 0 Å². The number of carbonyl (C=O) groups excluding carboxylic acids is 1. The number of likely N-dealkylation sites (N-methyl/N-ethyl adjacent to an activating group) is 2. The summed E-state index contributed by atoms with van der Waals surface area (Å²) in [7, 11) is 2.11. The molecule has 3 atom stereocenters. The van der Waals surface area contributed by atoms with Crippen molar-refractivity contribution in [3.05, 3.63) is 0 Å². The number of piperazine rings is 1. The Hall–Kier alpha value is -0.650. The number of carbonyl (C=O) groups is 1. The van der Waals surface area contributed by atoms with Gasteiger partial charge in [-0.05, 0) is 20.5 Å². The zero-order valence-electron chi connectivity index (χ0n) is 11.7. The average molecular weight is 255 g/mol. The molecule has 3 unspecified atom stereocenters. The Bertz CT molecular complexity index is 294. The molecular weight excluding hydrogens is 230 g/mol. The molecule has 2 aliphatic rings. The predicted molar refractivity (Wildman–Crippen MR) is 70.4 cm³/mol. The lowest BCUT2D eigenvalue weighted by molar-refractivity contribution is -0.140. The largest absolute Gasteiger partial charge is 0.379 e. The fourth-order valence-corrected chi connectivity index (χ4v) is 2.94. The number of rotatable bonds is 3. The van der Waals surface area contributed by atoms with Crippen LogP contribution in [-0.2, 0) is 9.53 Å². The van der Waals surface area contributed by atoms with E-state index in [1.165, 1.54) is 0 Å². The lowest BCUT2D eigenvalue weighted by Crippen LogP contribution is -2.56. The smallest absolute Gasteiger partial charge is 0.230 e. The monoisotopic (exact) mass is 255 g/mol. The molecule has 0 aliphatic carbocycles. The SMILES string of the molecule is CCNC1COCC1C(=O)N1CCN(C)CC1C. The maximum Gasteiger partial charge on any atom is 0.230 e. The molecule has 5 nitrogen and oxygen atoms in total. The zero-order valence-corrected chi connectivity index (χ0v) is 11.7. The normalized spacial score (nSPS) is 33.9. The van der Waals surface area contributed by atoms with Crippen LogP contribution in [0.5, 0.6) is 0 Å². The molecule has 2 saturated heterocycles. The quantitative estimate of drug-likeness (QED) is 0.757. The van der Waals surface area contributed by atoms with Crippen molar-refractivity contribution in [2.45, 2.75) is 25.9 Å². The van der Waals surface area contributed by atoms with Crippen molar-refractivity contribution in [3.63, 3.8) is 0 Å². The highest BCUT2D eigenvalue weighted by atomic mass is 16.5. The fraction of sp³-hybridized carbons (Fsp3) is 0.923. The van der Waals surface area contributed by atoms with Crippen molar-refractivity contribution < 1.29 is 9.53 Å². The maximum absolute atomic E-state index is 12.6. The second-order valence-corrected chi connectivity index (χ2v) is 5.45. The highest BCUT2D eigenvalue weighted by molar-refractivity contribution is 5.80. The summed E-state index contributed by atoms with van der Waals surface area (Å²) in [5, 5.41) is 3.36. The summed E-state index contributed by atoms with van der Waals surface area (Å²) < 4.78 is 5.47. The van der Waals surface area contributed by atoms with Crippen LogP contribution in [0.25, 0.3) is 0 Å². The molecule has 104 valence electrons. The molecule has 2 aliphatic heterocycles. The number of hydrogen-bond acceptors (Lipinski definition) is 4. The zero-order chi connectivity index (χ0) is 13.1. The Morgan fingerprint density at radius 3 is 2.83 bits per heavy atom. The van der Waals surface area contributed by atoms with Crippen LogP contribution >= 0.6 is 0 Å². The van der Waals surface area contributed by atoms with Gasteiger partial charge in [0, 0.05) is 31.7 Å². The number of nitrogens with one attached hydrogen (secondary N) is 1. The first-order valence-corrected chi connectivity index (χ1v) is 6.93. The Kier molecular flexibility index (Phi) is 4.59. The van der Waals surface area contributed by atoms with Crippen LogP contribution < -0.4 is 5.32 Å². The molecule has 0 bridgehead atoms. The van der Waals surface area contributed by atoms with Crippen molar-refractivity contribution in [1.29, 1.82) is 0 Å². The van der Waals surface area contributed by atoms with Crippen molar-refractivity contribution in [2.75, 3.05) is 46.4 Å². The Morgan fingerprint density at radius 1 is 1.39 bits per heavy atom. The van der Waals surface area contributed by atoms with Crippen LogP contribution in [0.4, 0.5) is 0 Å². The van der Waals surface area contributed by atoms with Gasteiger partial charge in [-0.2, -0.15) is 0 Å². The minimum absolute atomic E-state index is 0.00388. The summed E-state index contributed by atoms with van der Waals surface area (Å²) >= 11 is 0. The van der Waals surface area contributed by atoms with Gasteiger partial charge in [-0.25, -0.2) is 0 Å². The van der Waals surface area contributed by atoms with Gasteiger partial charge < -0.3 is 19.9 Å². The van der Waals surface area contributed by atoms with E-state index in [9.17, 15) is 4.79 Å². The van der Waals surface area contributed by atoms with Gasteiger partial charge in [0.25, 0.3) is 0 Å². The number of ether oxygens (including phenoxy) is 1. The first kappa shape index (κ1) is 13.8. The molecule has 0 saturated carbocycles. The highest BCUT2D eigenvalue weighted by Gasteiger charge is 2.38. The molecule has 0 radical (unpaired) electrons. The molecule has 1 N–H and O–H groups in total. The topological polar surface area (TPSA) is 44.8 Å². The van der Waals surface area contributed by atoms with E-state index in [2.05, 4.69) is 31.1 Å². The van der Waals surface area contributed by atoms with Gasteiger partial charge in [0.05, 0.1) is 19.1 Å². The summed E-state index contributed by atoms with van der Waals surface area (Å²) in [5.41, 5.74) is 0. The van der Waals surface area contributed by atoms with Crippen LogP contribution in [0.15, 0.2) is 0 Å². The van der Waals surface area contributed by atoms with Gasteiger partial charge in [-0.15, -0.1) is 0 Å². The summed E-state index contributed by atoms with van der Waals surface area (Å²) in [6, 6.07) is 0.494. The predicted octanol–water partition coefficient (Wildman–Crippen LogP) is -0.227. The van der Waals surface area contributed by atoms with E-state index in [0.717, 1.165) is 26.2 Å². The van der Waals surface area contributed by atoms with Gasteiger partial charge >= 0.3 is 0 Å². The lowest BCUT2D eigenvalue weighted by Gasteiger charge is -2.40. The molecule has 0 aromatic rings. The minimum atomic E-state index is -0.00388. The maximum atomic E-state index is 12.6. The second-order valence-electron chi connectivity index (χ2n) is 5.45. The van der Waals surface area contributed by atoms with E-state index in [1.54, 1.807) is 0 Å². The molecule has 0 spiro atoms. The third kappa shape index (κ3) is 2.84. The molecule has 1 amide bonds. The molecule has 18 heavy (non-hydrogen) atoms. The third-order valence-electron chi connectivity index (χ3n) is 3.98. The number of hydrogen-bond donors (Lipinski definition) is 1. The summed E-state index contributed by atoms with van der Waals surface area (Å²) in [6.07, 6.45) is 0. The second kappa shape index (κ2) is 5.99. The van der Waals surface area contributed by atoms with E-state index in [0.29, 0.717) is 19.3 Å². The van der Waals surface area contributed by atoms with Gasteiger partial charge in [0.15, 0.2) is 0 Å². The number of nitrogens with zero attached hydrogens (tertiary/aromatic N) is 2. The first-order chi connectivity index (χ1) is 8.63. The molecular formula is C13H25N3O2. The van der Waals surface area contributed by atoms with Crippen molar-refractivity contribution >= 4 is 5.91 Å². The first-order valence-electron chi connectivity index (χ1n) is 6.93. The minimum Gasteiger partial charge on any atom is -0.379 e. The lowest BCUT2D eigenvalue weighted by atomic mass is 10.00. The van der Waals surface area contributed by atoms with Crippen molar-refractivity contribution in [2.24, 2.45) is 5.92 Å². The van der Waals surface area contributed by atoms with E-state index >= 15 is 0 Å². The molecule has 0 aromatic heterocycles. The molecule has 2 heterocycles. The van der Waals surface area contributed by atoms with Crippen LogP contribution in [0.2, 0.25) is 0 Å². The van der Waals surface area contributed by atoms with Crippen LogP contribution in [0.1, 0.15) is 13.8 Å². The van der Waals surface area contributed by atoms with Gasteiger partial charge in [0.2, 0.25) is 5.91 Å². The van der Waals surface area contributed by atoms with E-state index in [4.69, 9.17) is 4.74 Å². The third-order valence-corrected chi connectivity index (χ3v) is 3.98. The van der Waals surface area contributed by atoms with E-state index < -0.39 is 0 Å². The number of amides is 1. The van der Waals surface area contributed by atoms with E-state index in [1.807, 2.05) is 4.90 Å². The molecule has 0 aromatic carbocycles. The summed E-state index contributed by atoms with van der Waals surface area (Å²) in [4.78, 5) is 16.9. The molecule has 5 heteroatoms. The Balaban J connectivity index is 1.97. The Morgan fingerprint density at radius 2 is 2.17 bits per heavy atom. The fourth-order valence-electron chi connectivity index (χ4n) is 2.94. The van der Waals surface area contributed by atoms with E-state index in [-0.39, 0.29) is 17.9 Å². The van der Waals surface area contributed by atoms with Gasteiger partial charge in [0.1, 0.15) is 0 Å². The highest BCUT2D eigenvalue weighted by Crippen LogP contribution is 2.19. The van der Waals surface area contributed by atoms with Crippen molar-refractivity contribution in [1.82, 2.24) is 15.1 Å².